The third kappa shape index (κ3) is 5.08. The van der Waals surface area contributed by atoms with Crippen LogP contribution in [0.4, 0.5) is 5.69 Å². The molecule has 0 radical (unpaired) electrons. The molecule has 0 bridgehead atoms. The van der Waals surface area contributed by atoms with Crippen molar-refractivity contribution >= 4 is 17.0 Å². The Hall–Kier alpha value is -1.47. The van der Waals surface area contributed by atoms with Gasteiger partial charge in [0.25, 0.3) is 0 Å². The lowest BCUT2D eigenvalue weighted by Crippen LogP contribution is -2.48. The zero-order valence-electron chi connectivity index (χ0n) is 16.3. The second kappa shape index (κ2) is 9.15. The molecular weight excluding hydrogens is 354 g/mol. The van der Waals surface area contributed by atoms with E-state index in [1.807, 2.05) is 0 Å². The van der Waals surface area contributed by atoms with Crippen LogP contribution in [0.3, 0.4) is 0 Å². The highest BCUT2D eigenvalue weighted by Gasteiger charge is 2.19. The predicted molar refractivity (Wildman–Crippen MR) is 115 cm³/mol. The van der Waals surface area contributed by atoms with E-state index in [9.17, 15) is 0 Å². The van der Waals surface area contributed by atoms with Gasteiger partial charge in [-0.3, -0.25) is 4.90 Å². The van der Waals surface area contributed by atoms with E-state index in [-0.39, 0.29) is 0 Å². The highest BCUT2D eigenvalue weighted by Crippen LogP contribution is 2.26. The summed E-state index contributed by atoms with van der Waals surface area (Å²) < 4.78 is 0. The first-order valence-electron chi connectivity index (χ1n) is 10.2. The number of piperidine rings is 1. The number of aromatic nitrogens is 1. The monoisotopic (exact) mass is 385 g/mol. The van der Waals surface area contributed by atoms with Gasteiger partial charge >= 0.3 is 0 Å². The maximum atomic E-state index is 4.58. The lowest BCUT2D eigenvalue weighted by atomic mass is 10.0. The number of piperazine rings is 1. The Labute approximate surface area is 166 Å². The first-order valence-corrected chi connectivity index (χ1v) is 11.1. The van der Waals surface area contributed by atoms with Gasteiger partial charge in [-0.1, -0.05) is 12.1 Å². The molecule has 0 saturated carbocycles. The van der Waals surface area contributed by atoms with Crippen LogP contribution < -0.4 is 15.5 Å². The Morgan fingerprint density at radius 3 is 2.52 bits per heavy atom. The number of rotatable bonds is 6. The zero-order chi connectivity index (χ0) is 18.5. The second-order valence-corrected chi connectivity index (χ2v) is 8.67. The fraction of sp³-hybridized carbons (Fsp3) is 0.571. The average molecular weight is 386 g/mol. The van der Waals surface area contributed by atoms with Crippen molar-refractivity contribution in [2.24, 2.45) is 0 Å². The molecule has 146 valence electrons. The summed E-state index contributed by atoms with van der Waals surface area (Å²) in [4.78, 5) is 9.66. The van der Waals surface area contributed by atoms with Crippen molar-refractivity contribution in [3.05, 3.63) is 34.7 Å². The highest BCUT2D eigenvalue weighted by molar-refractivity contribution is 7.09. The molecule has 0 unspecified atom stereocenters. The van der Waals surface area contributed by atoms with Gasteiger partial charge in [-0.05, 0) is 31.9 Å². The molecule has 2 aliphatic heterocycles. The van der Waals surface area contributed by atoms with Crippen molar-refractivity contribution in [2.45, 2.75) is 25.8 Å². The topological polar surface area (TPSA) is 43.4 Å². The zero-order valence-corrected chi connectivity index (χ0v) is 17.1. The minimum absolute atomic E-state index is 0.668. The maximum absolute atomic E-state index is 4.58. The molecule has 0 amide bonds. The maximum Gasteiger partial charge on any atom is 0.0901 e. The quantitative estimate of drug-likeness (QED) is 0.800. The minimum atomic E-state index is 0.668. The highest BCUT2D eigenvalue weighted by atomic mass is 32.1. The molecule has 0 spiro atoms. The van der Waals surface area contributed by atoms with Crippen molar-refractivity contribution in [3.63, 3.8) is 0 Å². The Balaban J connectivity index is 1.21. The number of nitrogens with zero attached hydrogens (tertiary/aromatic N) is 3. The van der Waals surface area contributed by atoms with Crippen LogP contribution in [-0.2, 0) is 0 Å². The molecule has 27 heavy (non-hydrogen) atoms. The molecule has 2 saturated heterocycles. The van der Waals surface area contributed by atoms with Gasteiger partial charge < -0.3 is 15.5 Å². The van der Waals surface area contributed by atoms with Crippen molar-refractivity contribution in [1.29, 1.82) is 0 Å². The van der Waals surface area contributed by atoms with Gasteiger partial charge in [0.2, 0.25) is 0 Å². The minimum Gasteiger partial charge on any atom is -0.371 e. The van der Waals surface area contributed by atoms with Crippen molar-refractivity contribution in [3.8, 4) is 11.3 Å². The van der Waals surface area contributed by atoms with E-state index in [4.69, 9.17) is 0 Å². The fourth-order valence-corrected chi connectivity index (χ4v) is 4.66. The number of hydrogen-bond acceptors (Lipinski definition) is 6. The van der Waals surface area contributed by atoms with Crippen LogP contribution in [0.1, 0.15) is 17.8 Å². The summed E-state index contributed by atoms with van der Waals surface area (Å²) >= 11 is 1.71. The largest absolute Gasteiger partial charge is 0.371 e. The summed E-state index contributed by atoms with van der Waals surface area (Å²) in [5, 5.41) is 10.5. The second-order valence-electron chi connectivity index (χ2n) is 7.61. The van der Waals surface area contributed by atoms with E-state index in [1.54, 1.807) is 11.3 Å². The van der Waals surface area contributed by atoms with E-state index in [0.717, 1.165) is 43.4 Å². The van der Waals surface area contributed by atoms with E-state index in [2.05, 4.69) is 62.0 Å². The molecule has 4 rings (SSSR count). The number of nitrogens with one attached hydrogen (secondary N) is 2. The molecule has 1 aromatic heterocycles. The smallest absolute Gasteiger partial charge is 0.0901 e. The molecule has 2 N–H and O–H groups in total. The average Bonchev–Trinajstić information content (AvgIpc) is 3.16. The summed E-state index contributed by atoms with van der Waals surface area (Å²) in [7, 11) is 0. The van der Waals surface area contributed by atoms with Crippen LogP contribution in [0.5, 0.6) is 0 Å². The molecule has 5 nitrogen and oxygen atoms in total. The summed E-state index contributed by atoms with van der Waals surface area (Å²) in [6.07, 6.45) is 2.46. The molecule has 1 aromatic carbocycles. The molecule has 2 aromatic rings. The van der Waals surface area contributed by atoms with E-state index in [1.165, 1.54) is 43.7 Å². The first kappa shape index (κ1) is 18.9. The number of aryl methyl sites for hydroxylation is 1. The third-order valence-electron chi connectivity index (χ3n) is 5.71. The summed E-state index contributed by atoms with van der Waals surface area (Å²) in [6.45, 7) is 11.3. The summed E-state index contributed by atoms with van der Waals surface area (Å²) in [5.74, 6) is 0. The van der Waals surface area contributed by atoms with Crippen LogP contribution in [0.15, 0.2) is 29.6 Å². The number of hydrogen-bond donors (Lipinski definition) is 2. The summed E-state index contributed by atoms with van der Waals surface area (Å²) in [6, 6.07) is 9.59. The van der Waals surface area contributed by atoms with Gasteiger partial charge in [0.1, 0.15) is 0 Å². The summed E-state index contributed by atoms with van der Waals surface area (Å²) in [5.41, 5.74) is 3.65. The Kier molecular flexibility index (Phi) is 6.39. The first-order chi connectivity index (χ1) is 13.3. The van der Waals surface area contributed by atoms with Gasteiger partial charge in [-0.15, -0.1) is 11.3 Å². The molecule has 2 fully saturated rings. The SMILES string of the molecule is Cc1nc(-c2ccc(N3CCC(NCCN4CCNCC4)CC3)cc2)cs1. The number of thiazole rings is 1. The van der Waals surface area contributed by atoms with Crippen LogP contribution in [-0.4, -0.2) is 68.3 Å². The van der Waals surface area contributed by atoms with Gasteiger partial charge in [-0.2, -0.15) is 0 Å². The van der Waals surface area contributed by atoms with Gasteiger partial charge in [0.05, 0.1) is 10.7 Å². The predicted octanol–water partition coefficient (Wildman–Crippen LogP) is 2.58. The normalized spacial score (nSPS) is 19.5. The lowest BCUT2D eigenvalue weighted by Gasteiger charge is -2.35. The molecule has 3 heterocycles. The number of benzene rings is 1. The molecule has 6 heteroatoms. The van der Waals surface area contributed by atoms with Crippen molar-refractivity contribution in [1.82, 2.24) is 20.5 Å². The Bertz CT molecular complexity index is 700. The van der Waals surface area contributed by atoms with Gasteiger partial charge in [-0.25, -0.2) is 4.98 Å². The molecule has 2 aliphatic rings. The van der Waals surface area contributed by atoms with Crippen LogP contribution in [0.25, 0.3) is 11.3 Å². The van der Waals surface area contributed by atoms with E-state index >= 15 is 0 Å². The molecule has 0 atom stereocenters. The molecular formula is C21H31N5S. The van der Waals surface area contributed by atoms with Crippen LogP contribution >= 0.6 is 11.3 Å². The Morgan fingerprint density at radius 1 is 1.11 bits per heavy atom. The lowest BCUT2D eigenvalue weighted by molar-refractivity contribution is 0.235. The van der Waals surface area contributed by atoms with E-state index < -0.39 is 0 Å². The van der Waals surface area contributed by atoms with Gasteiger partial charge in [0.15, 0.2) is 0 Å². The fourth-order valence-electron chi connectivity index (χ4n) is 4.04. The van der Waals surface area contributed by atoms with Crippen LogP contribution in [0, 0.1) is 6.92 Å². The van der Waals surface area contributed by atoms with Crippen molar-refractivity contribution < 1.29 is 0 Å². The number of anilines is 1. The van der Waals surface area contributed by atoms with Gasteiger partial charge in [0, 0.05) is 75.0 Å². The van der Waals surface area contributed by atoms with Crippen molar-refractivity contribution in [2.75, 3.05) is 57.3 Å². The third-order valence-corrected chi connectivity index (χ3v) is 6.49. The van der Waals surface area contributed by atoms with E-state index in [0.29, 0.717) is 6.04 Å². The Morgan fingerprint density at radius 2 is 1.85 bits per heavy atom. The van der Waals surface area contributed by atoms with Crippen LogP contribution in [0.2, 0.25) is 0 Å². The molecule has 0 aliphatic carbocycles. The standard InChI is InChI=1S/C21H31N5S/c1-17-24-21(16-27-17)18-2-4-20(5-3-18)26-11-6-19(7-12-26)23-10-15-25-13-8-22-9-14-25/h2-5,16,19,22-23H,6-15H2,1H3.